The van der Waals surface area contributed by atoms with Gasteiger partial charge in [0.2, 0.25) is 0 Å². The molecule has 106 valence electrons. The van der Waals surface area contributed by atoms with Gasteiger partial charge in [0.05, 0.1) is 5.75 Å². The number of sulfone groups is 1. The Kier molecular flexibility index (Phi) is 4.34. The van der Waals surface area contributed by atoms with Crippen molar-refractivity contribution in [1.29, 1.82) is 0 Å². The molecular formula is C13H26N2O2S. The lowest BCUT2D eigenvalue weighted by Gasteiger charge is -2.48. The van der Waals surface area contributed by atoms with Crippen LogP contribution < -0.4 is 5.32 Å². The zero-order valence-electron chi connectivity index (χ0n) is 11.6. The van der Waals surface area contributed by atoms with E-state index in [0.29, 0.717) is 17.3 Å². The summed E-state index contributed by atoms with van der Waals surface area (Å²) in [5, 5.41) is 3.59. The van der Waals surface area contributed by atoms with Crippen molar-refractivity contribution >= 4 is 9.84 Å². The highest BCUT2D eigenvalue weighted by atomic mass is 32.2. The molecule has 0 aromatic heterocycles. The van der Waals surface area contributed by atoms with Crippen molar-refractivity contribution in [3.8, 4) is 0 Å². The first-order valence-corrected chi connectivity index (χ1v) is 9.14. The molecule has 1 saturated carbocycles. The van der Waals surface area contributed by atoms with Gasteiger partial charge in [0, 0.05) is 30.9 Å². The molecule has 1 atom stereocenters. The van der Waals surface area contributed by atoms with Gasteiger partial charge in [-0.15, -0.1) is 0 Å². The monoisotopic (exact) mass is 274 g/mol. The second kappa shape index (κ2) is 5.47. The summed E-state index contributed by atoms with van der Waals surface area (Å²) in [6, 6.07) is 0.523. The van der Waals surface area contributed by atoms with E-state index in [1.165, 1.54) is 31.9 Å². The van der Waals surface area contributed by atoms with Crippen LogP contribution in [0, 0.1) is 0 Å². The van der Waals surface area contributed by atoms with Crippen LogP contribution in [-0.2, 0) is 9.84 Å². The number of hydrogen-bond acceptors (Lipinski definition) is 4. The van der Waals surface area contributed by atoms with Crippen LogP contribution in [0.25, 0.3) is 0 Å². The highest BCUT2D eigenvalue weighted by Gasteiger charge is 2.42. The standard InChI is InChI=1S/C13H26N2O2S/c1-12-10-15(8-5-9-18(2,16)17)13(11-14-12)6-3-4-7-13/h12,14H,3-11H2,1-2H3. The molecule has 2 aliphatic rings. The van der Waals surface area contributed by atoms with E-state index in [2.05, 4.69) is 17.1 Å². The maximum atomic E-state index is 11.2. The molecule has 1 heterocycles. The van der Waals surface area contributed by atoms with Crippen molar-refractivity contribution in [1.82, 2.24) is 10.2 Å². The molecule has 0 bridgehead atoms. The zero-order valence-corrected chi connectivity index (χ0v) is 12.4. The largest absolute Gasteiger partial charge is 0.311 e. The van der Waals surface area contributed by atoms with Crippen molar-refractivity contribution in [2.75, 3.05) is 31.6 Å². The second-order valence-corrected chi connectivity index (χ2v) is 8.40. The molecule has 4 nitrogen and oxygen atoms in total. The molecule has 1 aliphatic carbocycles. The lowest BCUT2D eigenvalue weighted by atomic mass is 9.91. The van der Waals surface area contributed by atoms with Crippen LogP contribution in [-0.4, -0.2) is 56.5 Å². The molecule has 1 N–H and O–H groups in total. The Morgan fingerprint density at radius 1 is 1.33 bits per heavy atom. The smallest absolute Gasteiger partial charge is 0.147 e. The summed E-state index contributed by atoms with van der Waals surface area (Å²) in [6.45, 7) is 5.28. The lowest BCUT2D eigenvalue weighted by molar-refractivity contribution is 0.0470. The fourth-order valence-electron chi connectivity index (χ4n) is 3.44. The van der Waals surface area contributed by atoms with Crippen molar-refractivity contribution in [3.63, 3.8) is 0 Å². The minimum absolute atomic E-state index is 0.321. The number of nitrogens with zero attached hydrogens (tertiary/aromatic N) is 1. The number of rotatable bonds is 4. The SMILES string of the molecule is CC1CN(CCCS(C)(=O)=O)C2(CCCC2)CN1. The van der Waals surface area contributed by atoms with Crippen LogP contribution in [0.4, 0.5) is 0 Å². The van der Waals surface area contributed by atoms with E-state index in [4.69, 9.17) is 0 Å². The van der Waals surface area contributed by atoms with Crippen molar-refractivity contribution in [2.24, 2.45) is 0 Å². The second-order valence-electron chi connectivity index (χ2n) is 6.14. The van der Waals surface area contributed by atoms with Crippen molar-refractivity contribution in [2.45, 2.75) is 50.6 Å². The molecule has 1 unspecified atom stereocenters. The Morgan fingerprint density at radius 2 is 2.00 bits per heavy atom. The summed E-state index contributed by atoms with van der Waals surface area (Å²) >= 11 is 0. The van der Waals surface area contributed by atoms with Gasteiger partial charge in [-0.25, -0.2) is 8.42 Å². The maximum Gasteiger partial charge on any atom is 0.147 e. The van der Waals surface area contributed by atoms with Gasteiger partial charge in [-0.05, 0) is 32.7 Å². The predicted molar refractivity (Wildman–Crippen MR) is 74.6 cm³/mol. The molecule has 0 aromatic carbocycles. The molecule has 0 radical (unpaired) electrons. The van der Waals surface area contributed by atoms with Gasteiger partial charge in [0.1, 0.15) is 9.84 Å². The summed E-state index contributed by atoms with van der Waals surface area (Å²) in [7, 11) is -2.82. The highest BCUT2D eigenvalue weighted by molar-refractivity contribution is 7.90. The molecule has 1 spiro atoms. The number of piperazine rings is 1. The maximum absolute atomic E-state index is 11.2. The van der Waals surface area contributed by atoms with Gasteiger partial charge in [-0.3, -0.25) is 4.90 Å². The van der Waals surface area contributed by atoms with Crippen molar-refractivity contribution < 1.29 is 8.42 Å². The fourth-order valence-corrected chi connectivity index (χ4v) is 4.09. The Morgan fingerprint density at radius 3 is 2.61 bits per heavy atom. The van der Waals surface area contributed by atoms with E-state index in [1.54, 1.807) is 0 Å². The van der Waals surface area contributed by atoms with Gasteiger partial charge in [-0.2, -0.15) is 0 Å². The molecule has 2 rings (SSSR count). The topological polar surface area (TPSA) is 49.4 Å². The molecule has 1 saturated heterocycles. The van der Waals surface area contributed by atoms with E-state index >= 15 is 0 Å². The van der Waals surface area contributed by atoms with Crippen LogP contribution >= 0.6 is 0 Å². The number of hydrogen-bond donors (Lipinski definition) is 1. The van der Waals surface area contributed by atoms with Gasteiger partial charge < -0.3 is 5.32 Å². The Labute approximate surface area is 111 Å². The molecule has 18 heavy (non-hydrogen) atoms. The van der Waals surface area contributed by atoms with E-state index in [1.807, 2.05) is 0 Å². The summed E-state index contributed by atoms with van der Waals surface area (Å²) in [5.41, 5.74) is 0.323. The first-order chi connectivity index (χ1) is 8.41. The van der Waals surface area contributed by atoms with Crippen molar-refractivity contribution in [3.05, 3.63) is 0 Å². The summed E-state index contributed by atoms with van der Waals surface area (Å²) in [4.78, 5) is 2.56. The third-order valence-corrected chi connectivity index (χ3v) is 5.45. The summed E-state index contributed by atoms with van der Waals surface area (Å²) in [5.74, 6) is 0.321. The molecule has 0 aromatic rings. The molecular weight excluding hydrogens is 248 g/mol. The average Bonchev–Trinajstić information content (AvgIpc) is 2.71. The average molecular weight is 274 g/mol. The third kappa shape index (κ3) is 3.45. The Balaban J connectivity index is 1.94. The van der Waals surface area contributed by atoms with Gasteiger partial charge in [-0.1, -0.05) is 12.8 Å². The first kappa shape index (κ1) is 14.3. The molecule has 5 heteroatoms. The lowest BCUT2D eigenvalue weighted by Crippen LogP contribution is -2.63. The van der Waals surface area contributed by atoms with Crippen LogP contribution in [0.2, 0.25) is 0 Å². The molecule has 2 fully saturated rings. The fraction of sp³-hybridized carbons (Fsp3) is 1.00. The van der Waals surface area contributed by atoms with Crippen LogP contribution in [0.15, 0.2) is 0 Å². The third-order valence-electron chi connectivity index (χ3n) is 4.42. The van der Waals surface area contributed by atoms with Crippen LogP contribution in [0.3, 0.4) is 0 Å². The summed E-state index contributed by atoms with van der Waals surface area (Å²) in [6.07, 6.45) is 7.28. The molecule has 1 aliphatic heterocycles. The Bertz CT molecular complexity index is 374. The quantitative estimate of drug-likeness (QED) is 0.832. The predicted octanol–water partition coefficient (Wildman–Crippen LogP) is 1.03. The van der Waals surface area contributed by atoms with Gasteiger partial charge in [0.25, 0.3) is 0 Å². The van der Waals surface area contributed by atoms with Gasteiger partial charge in [0.15, 0.2) is 0 Å². The Hall–Kier alpha value is -0.130. The zero-order chi connectivity index (χ0) is 13.2. The van der Waals surface area contributed by atoms with Crippen LogP contribution in [0.1, 0.15) is 39.0 Å². The normalized spacial score (nSPS) is 28.9. The summed E-state index contributed by atoms with van der Waals surface area (Å²) < 4.78 is 22.4. The molecule has 0 amide bonds. The van der Waals surface area contributed by atoms with Gasteiger partial charge >= 0.3 is 0 Å². The minimum atomic E-state index is -2.82. The van der Waals surface area contributed by atoms with E-state index in [-0.39, 0.29) is 0 Å². The minimum Gasteiger partial charge on any atom is -0.311 e. The highest BCUT2D eigenvalue weighted by Crippen LogP contribution is 2.36. The number of nitrogens with one attached hydrogen (secondary N) is 1. The first-order valence-electron chi connectivity index (χ1n) is 7.07. The van der Waals surface area contributed by atoms with E-state index < -0.39 is 9.84 Å². The van der Waals surface area contributed by atoms with E-state index in [0.717, 1.165) is 26.1 Å². The van der Waals surface area contributed by atoms with E-state index in [9.17, 15) is 8.42 Å². The van der Waals surface area contributed by atoms with Crippen LogP contribution in [0.5, 0.6) is 0 Å².